The third-order valence-electron chi connectivity index (χ3n) is 2.37. The molecule has 1 aromatic carbocycles. The molecular formula is C13H20N2O3. The Morgan fingerprint density at radius 2 is 2.11 bits per heavy atom. The van der Waals surface area contributed by atoms with Crippen LogP contribution in [-0.4, -0.2) is 30.3 Å². The summed E-state index contributed by atoms with van der Waals surface area (Å²) in [6, 6.07) is 6.87. The Balaban J connectivity index is 2.15. The SMILES string of the molecule is CC(O)CCCNC(=O)COc1ccc(N)cc1. The molecule has 0 aromatic heterocycles. The summed E-state index contributed by atoms with van der Waals surface area (Å²) in [6.45, 7) is 2.26. The number of nitrogen functional groups attached to an aromatic ring is 1. The van der Waals surface area contributed by atoms with Gasteiger partial charge in [0, 0.05) is 12.2 Å². The topological polar surface area (TPSA) is 84.6 Å². The standard InChI is InChI=1S/C13H20N2O3/c1-10(16)3-2-8-15-13(17)9-18-12-6-4-11(14)5-7-12/h4-7,10,16H,2-3,8-9,14H2,1H3,(H,15,17). The van der Waals surface area contributed by atoms with Crippen LogP contribution in [0.5, 0.6) is 5.75 Å². The van der Waals surface area contributed by atoms with E-state index in [-0.39, 0.29) is 18.6 Å². The van der Waals surface area contributed by atoms with Crippen molar-refractivity contribution in [1.29, 1.82) is 0 Å². The van der Waals surface area contributed by atoms with Gasteiger partial charge in [-0.1, -0.05) is 0 Å². The van der Waals surface area contributed by atoms with Crippen molar-refractivity contribution in [3.63, 3.8) is 0 Å². The van der Waals surface area contributed by atoms with Gasteiger partial charge in [-0.05, 0) is 44.0 Å². The van der Waals surface area contributed by atoms with Crippen molar-refractivity contribution in [3.8, 4) is 5.75 Å². The smallest absolute Gasteiger partial charge is 0.257 e. The van der Waals surface area contributed by atoms with Gasteiger partial charge in [0.05, 0.1) is 6.10 Å². The molecule has 1 rings (SSSR count). The Labute approximate surface area is 107 Å². The second-order valence-electron chi connectivity index (χ2n) is 4.20. The third-order valence-corrected chi connectivity index (χ3v) is 2.37. The Kier molecular flexibility index (Phi) is 6.00. The molecule has 5 heteroatoms. The molecule has 0 saturated carbocycles. The highest BCUT2D eigenvalue weighted by atomic mass is 16.5. The number of benzene rings is 1. The van der Waals surface area contributed by atoms with E-state index >= 15 is 0 Å². The molecule has 0 heterocycles. The molecule has 0 aliphatic rings. The maximum absolute atomic E-state index is 11.4. The van der Waals surface area contributed by atoms with Gasteiger partial charge in [-0.25, -0.2) is 0 Å². The molecule has 5 nitrogen and oxygen atoms in total. The van der Waals surface area contributed by atoms with Crippen LogP contribution in [0.3, 0.4) is 0 Å². The van der Waals surface area contributed by atoms with Crippen LogP contribution in [0.25, 0.3) is 0 Å². The summed E-state index contributed by atoms with van der Waals surface area (Å²) in [5.74, 6) is 0.445. The lowest BCUT2D eigenvalue weighted by Gasteiger charge is -2.08. The van der Waals surface area contributed by atoms with E-state index in [1.807, 2.05) is 0 Å². The van der Waals surface area contributed by atoms with Crippen LogP contribution in [0, 0.1) is 0 Å². The largest absolute Gasteiger partial charge is 0.484 e. The highest BCUT2D eigenvalue weighted by Crippen LogP contribution is 2.12. The van der Waals surface area contributed by atoms with Crippen LogP contribution < -0.4 is 15.8 Å². The number of rotatable bonds is 7. The van der Waals surface area contributed by atoms with Gasteiger partial charge >= 0.3 is 0 Å². The first-order valence-corrected chi connectivity index (χ1v) is 6.01. The molecule has 100 valence electrons. The quantitative estimate of drug-likeness (QED) is 0.498. The normalized spacial score (nSPS) is 11.9. The number of nitrogens with one attached hydrogen (secondary N) is 1. The molecule has 0 fully saturated rings. The van der Waals surface area contributed by atoms with Crippen molar-refractivity contribution in [3.05, 3.63) is 24.3 Å². The summed E-state index contributed by atoms with van der Waals surface area (Å²) in [6.07, 6.45) is 1.11. The minimum Gasteiger partial charge on any atom is -0.484 e. The Hall–Kier alpha value is -1.75. The zero-order chi connectivity index (χ0) is 13.4. The number of hydrogen-bond acceptors (Lipinski definition) is 4. The molecule has 4 N–H and O–H groups in total. The first-order valence-electron chi connectivity index (χ1n) is 6.01. The van der Waals surface area contributed by atoms with Gasteiger partial charge in [0.1, 0.15) is 5.75 Å². The first kappa shape index (κ1) is 14.3. The summed E-state index contributed by atoms with van der Waals surface area (Å²) in [4.78, 5) is 11.4. The predicted molar refractivity (Wildman–Crippen MR) is 70.3 cm³/mol. The molecular weight excluding hydrogens is 232 g/mol. The number of hydrogen-bond donors (Lipinski definition) is 3. The van der Waals surface area contributed by atoms with E-state index in [0.717, 1.165) is 6.42 Å². The molecule has 0 bridgehead atoms. The van der Waals surface area contributed by atoms with Gasteiger partial charge in [-0.2, -0.15) is 0 Å². The van der Waals surface area contributed by atoms with Crippen LogP contribution >= 0.6 is 0 Å². The molecule has 0 radical (unpaired) electrons. The maximum Gasteiger partial charge on any atom is 0.257 e. The van der Waals surface area contributed by atoms with Gasteiger partial charge in [0.2, 0.25) is 0 Å². The van der Waals surface area contributed by atoms with Crippen LogP contribution in [0.15, 0.2) is 24.3 Å². The average Bonchev–Trinajstić information content (AvgIpc) is 2.34. The highest BCUT2D eigenvalue weighted by Gasteiger charge is 2.02. The Morgan fingerprint density at radius 1 is 1.44 bits per heavy atom. The number of aliphatic hydroxyl groups is 1. The number of amides is 1. The molecule has 0 spiro atoms. The van der Waals surface area contributed by atoms with Crippen LogP contribution in [0.1, 0.15) is 19.8 Å². The minimum absolute atomic E-state index is 0.0153. The van der Waals surface area contributed by atoms with Crippen molar-refractivity contribution in [2.75, 3.05) is 18.9 Å². The number of carbonyl (C=O) groups is 1. The van der Waals surface area contributed by atoms with Crippen LogP contribution in [0.4, 0.5) is 5.69 Å². The minimum atomic E-state index is -0.326. The van der Waals surface area contributed by atoms with Crippen molar-refractivity contribution >= 4 is 11.6 Å². The second kappa shape index (κ2) is 7.55. The van der Waals surface area contributed by atoms with E-state index in [1.54, 1.807) is 31.2 Å². The van der Waals surface area contributed by atoms with E-state index in [0.29, 0.717) is 24.4 Å². The van der Waals surface area contributed by atoms with Gasteiger partial charge in [-0.15, -0.1) is 0 Å². The molecule has 18 heavy (non-hydrogen) atoms. The third kappa shape index (κ3) is 6.10. The number of carbonyl (C=O) groups excluding carboxylic acids is 1. The zero-order valence-corrected chi connectivity index (χ0v) is 10.6. The fraction of sp³-hybridized carbons (Fsp3) is 0.462. The summed E-state index contributed by atoms with van der Waals surface area (Å²) in [5, 5.41) is 11.8. The zero-order valence-electron chi connectivity index (χ0n) is 10.6. The number of nitrogens with two attached hydrogens (primary N) is 1. The van der Waals surface area contributed by atoms with Crippen molar-refractivity contribution in [1.82, 2.24) is 5.32 Å². The van der Waals surface area contributed by atoms with E-state index in [2.05, 4.69) is 5.32 Å². The monoisotopic (exact) mass is 252 g/mol. The highest BCUT2D eigenvalue weighted by molar-refractivity contribution is 5.77. The fourth-order valence-corrected chi connectivity index (χ4v) is 1.39. The molecule has 0 aliphatic heterocycles. The summed E-state index contributed by atoms with van der Waals surface area (Å²) >= 11 is 0. The summed E-state index contributed by atoms with van der Waals surface area (Å²) in [7, 11) is 0. The van der Waals surface area contributed by atoms with E-state index in [4.69, 9.17) is 15.6 Å². The van der Waals surface area contributed by atoms with Gasteiger partial charge < -0.3 is 20.9 Å². The number of anilines is 1. The lowest BCUT2D eigenvalue weighted by molar-refractivity contribution is -0.123. The van der Waals surface area contributed by atoms with E-state index < -0.39 is 0 Å². The Bertz CT molecular complexity index is 363. The number of ether oxygens (including phenoxy) is 1. The van der Waals surface area contributed by atoms with Crippen molar-refractivity contribution in [2.24, 2.45) is 0 Å². The van der Waals surface area contributed by atoms with Gasteiger partial charge in [-0.3, -0.25) is 4.79 Å². The van der Waals surface area contributed by atoms with Crippen LogP contribution in [-0.2, 0) is 4.79 Å². The molecule has 1 amide bonds. The second-order valence-corrected chi connectivity index (χ2v) is 4.20. The van der Waals surface area contributed by atoms with E-state index in [9.17, 15) is 4.79 Å². The first-order chi connectivity index (χ1) is 8.58. The van der Waals surface area contributed by atoms with Gasteiger partial charge in [0.15, 0.2) is 6.61 Å². The lowest BCUT2D eigenvalue weighted by atomic mass is 10.2. The van der Waals surface area contributed by atoms with Gasteiger partial charge in [0.25, 0.3) is 5.91 Å². The summed E-state index contributed by atoms with van der Waals surface area (Å²) in [5.41, 5.74) is 6.19. The molecule has 1 atom stereocenters. The van der Waals surface area contributed by atoms with E-state index in [1.165, 1.54) is 0 Å². The van der Waals surface area contributed by atoms with Crippen molar-refractivity contribution < 1.29 is 14.6 Å². The average molecular weight is 252 g/mol. The molecule has 0 aliphatic carbocycles. The summed E-state index contributed by atoms with van der Waals surface area (Å²) < 4.78 is 5.28. The predicted octanol–water partition coefficient (Wildman–Crippen LogP) is 0.925. The molecule has 1 unspecified atom stereocenters. The fourth-order valence-electron chi connectivity index (χ4n) is 1.39. The maximum atomic E-state index is 11.4. The number of aliphatic hydroxyl groups excluding tert-OH is 1. The Morgan fingerprint density at radius 3 is 2.72 bits per heavy atom. The molecule has 1 aromatic rings. The molecule has 0 saturated heterocycles. The van der Waals surface area contributed by atoms with Crippen LogP contribution in [0.2, 0.25) is 0 Å². The van der Waals surface area contributed by atoms with Crippen molar-refractivity contribution in [2.45, 2.75) is 25.9 Å². The lowest BCUT2D eigenvalue weighted by Crippen LogP contribution is -2.30.